The van der Waals surface area contributed by atoms with Gasteiger partial charge in [0.1, 0.15) is 18.1 Å². The van der Waals surface area contributed by atoms with Crippen LogP contribution in [0.15, 0.2) is 71.9 Å². The van der Waals surface area contributed by atoms with Crippen LogP contribution in [0.3, 0.4) is 0 Å². The number of nitrogens with zero attached hydrogens (tertiary/aromatic N) is 2. The fourth-order valence-corrected chi connectivity index (χ4v) is 2.86. The third-order valence-electron chi connectivity index (χ3n) is 4.28. The number of carbonyl (C=O) groups excluding carboxylic acids is 1. The van der Waals surface area contributed by atoms with E-state index in [1.54, 1.807) is 42.5 Å². The number of methoxy groups -OCH3 is 1. The number of hydrogen-bond donors (Lipinski definition) is 1. The van der Waals surface area contributed by atoms with Gasteiger partial charge in [-0.3, -0.25) is 10.1 Å². The molecule has 0 heterocycles. The molecule has 32 heavy (non-hydrogen) atoms. The first-order valence-electron chi connectivity index (χ1n) is 9.22. The van der Waals surface area contributed by atoms with Crippen LogP contribution in [0.4, 0.5) is 5.69 Å². The lowest BCUT2D eigenvalue weighted by Gasteiger charge is -2.08. The first-order chi connectivity index (χ1) is 15.4. The van der Waals surface area contributed by atoms with Gasteiger partial charge in [0.05, 0.1) is 23.2 Å². The molecule has 164 valence electrons. The van der Waals surface area contributed by atoms with Crippen LogP contribution in [0.2, 0.25) is 5.02 Å². The molecule has 0 fully saturated rings. The predicted molar refractivity (Wildman–Crippen MR) is 118 cm³/mol. The Morgan fingerprint density at radius 1 is 1.12 bits per heavy atom. The minimum atomic E-state index is -0.717. The molecule has 0 spiro atoms. The predicted octanol–water partition coefficient (Wildman–Crippen LogP) is 4.31. The maximum Gasteiger partial charge on any atom is 0.365 e. The highest BCUT2D eigenvalue weighted by atomic mass is 35.5. The Labute approximate surface area is 188 Å². The van der Waals surface area contributed by atoms with Gasteiger partial charge in [-0.15, -0.1) is 0 Å². The Kier molecular flexibility index (Phi) is 7.25. The van der Waals surface area contributed by atoms with E-state index >= 15 is 0 Å². The molecule has 10 heteroatoms. The molecule has 0 saturated heterocycles. The maximum atomic E-state index is 12.4. The van der Waals surface area contributed by atoms with Crippen molar-refractivity contribution < 1.29 is 24.0 Å². The van der Waals surface area contributed by atoms with Crippen LogP contribution in [0.25, 0.3) is 0 Å². The SMILES string of the molecule is COc1ccc(Cl)cc1/C(N)=N/OC(=O)c1cccc(COc2ccc([N+](=O)[O-])cc2)c1. The maximum absolute atomic E-state index is 12.4. The second-order valence-electron chi connectivity index (χ2n) is 6.44. The van der Waals surface area contributed by atoms with Crippen molar-refractivity contribution in [2.75, 3.05) is 7.11 Å². The number of rotatable bonds is 8. The van der Waals surface area contributed by atoms with Gasteiger partial charge in [0.15, 0.2) is 5.84 Å². The van der Waals surface area contributed by atoms with Gasteiger partial charge >= 0.3 is 5.97 Å². The number of oxime groups is 1. The summed E-state index contributed by atoms with van der Waals surface area (Å²) in [6.45, 7) is 0.143. The average Bonchev–Trinajstić information content (AvgIpc) is 2.81. The van der Waals surface area contributed by atoms with Crippen molar-refractivity contribution in [3.63, 3.8) is 0 Å². The second-order valence-corrected chi connectivity index (χ2v) is 6.88. The van der Waals surface area contributed by atoms with Crippen LogP contribution in [0.1, 0.15) is 21.5 Å². The Balaban J connectivity index is 1.65. The standard InChI is InChI=1S/C22H18ClN3O6/c1-30-20-10-5-16(23)12-19(20)21(24)25-32-22(27)15-4-2-3-14(11-15)13-31-18-8-6-17(7-9-18)26(28)29/h2-12H,13H2,1H3,(H2,24,25). The highest BCUT2D eigenvalue weighted by Gasteiger charge is 2.12. The molecule has 0 unspecified atom stereocenters. The molecule has 3 aromatic rings. The number of amidine groups is 1. The molecule has 0 aliphatic carbocycles. The van der Waals surface area contributed by atoms with Crippen LogP contribution >= 0.6 is 11.6 Å². The molecule has 0 aliphatic rings. The Morgan fingerprint density at radius 2 is 1.88 bits per heavy atom. The molecule has 9 nitrogen and oxygen atoms in total. The zero-order valence-electron chi connectivity index (χ0n) is 16.9. The van der Waals surface area contributed by atoms with Crippen LogP contribution in [0.5, 0.6) is 11.5 Å². The van der Waals surface area contributed by atoms with E-state index in [0.717, 1.165) is 0 Å². The van der Waals surface area contributed by atoms with Crippen LogP contribution in [-0.4, -0.2) is 23.8 Å². The summed E-state index contributed by atoms with van der Waals surface area (Å²) in [5, 5.41) is 14.8. The number of hydrogen-bond acceptors (Lipinski definition) is 7. The van der Waals surface area contributed by atoms with E-state index < -0.39 is 10.9 Å². The first kappa shape index (κ1) is 22.6. The number of carbonyl (C=O) groups is 1. The molecule has 0 bridgehead atoms. The summed E-state index contributed by atoms with van der Waals surface area (Å²) in [5.74, 6) is 0.0926. The van der Waals surface area contributed by atoms with Crippen molar-refractivity contribution in [1.29, 1.82) is 0 Å². The van der Waals surface area contributed by atoms with Crippen molar-refractivity contribution >= 4 is 29.1 Å². The molecule has 0 saturated carbocycles. The van der Waals surface area contributed by atoms with E-state index in [-0.39, 0.29) is 23.7 Å². The van der Waals surface area contributed by atoms with Crippen LogP contribution < -0.4 is 15.2 Å². The van der Waals surface area contributed by atoms with Crippen molar-refractivity contribution in [2.45, 2.75) is 6.61 Å². The van der Waals surface area contributed by atoms with E-state index in [1.165, 1.54) is 31.4 Å². The van der Waals surface area contributed by atoms with Crippen molar-refractivity contribution in [3.8, 4) is 11.5 Å². The van der Waals surface area contributed by atoms with E-state index in [0.29, 0.717) is 27.6 Å². The fourth-order valence-electron chi connectivity index (χ4n) is 2.69. The van der Waals surface area contributed by atoms with E-state index in [4.69, 9.17) is 31.6 Å². The van der Waals surface area contributed by atoms with Crippen LogP contribution in [-0.2, 0) is 11.4 Å². The van der Waals surface area contributed by atoms with Crippen molar-refractivity contribution in [2.24, 2.45) is 10.9 Å². The lowest BCUT2D eigenvalue weighted by molar-refractivity contribution is -0.384. The number of halogens is 1. The summed E-state index contributed by atoms with van der Waals surface area (Å²) in [4.78, 5) is 27.6. The highest BCUT2D eigenvalue weighted by molar-refractivity contribution is 6.31. The lowest BCUT2D eigenvalue weighted by atomic mass is 10.1. The van der Waals surface area contributed by atoms with Gasteiger partial charge < -0.3 is 20.0 Å². The highest BCUT2D eigenvalue weighted by Crippen LogP contribution is 2.22. The summed E-state index contributed by atoms with van der Waals surface area (Å²) in [7, 11) is 1.47. The Bertz CT molecular complexity index is 1160. The van der Waals surface area contributed by atoms with E-state index in [9.17, 15) is 14.9 Å². The van der Waals surface area contributed by atoms with Crippen molar-refractivity contribution in [1.82, 2.24) is 0 Å². The second kappa shape index (κ2) is 10.3. The molecule has 0 radical (unpaired) electrons. The molecule has 0 amide bonds. The third kappa shape index (κ3) is 5.73. The fraction of sp³-hybridized carbons (Fsp3) is 0.0909. The molecule has 2 N–H and O–H groups in total. The number of nitrogens with two attached hydrogens (primary N) is 1. The summed E-state index contributed by atoms with van der Waals surface area (Å²) >= 11 is 5.97. The van der Waals surface area contributed by atoms with E-state index in [2.05, 4.69) is 5.16 Å². The van der Waals surface area contributed by atoms with Gasteiger partial charge in [0.25, 0.3) is 5.69 Å². The Morgan fingerprint density at radius 3 is 2.56 bits per heavy atom. The largest absolute Gasteiger partial charge is 0.496 e. The smallest absolute Gasteiger partial charge is 0.365 e. The number of ether oxygens (including phenoxy) is 2. The quantitative estimate of drug-likeness (QED) is 0.176. The molecule has 3 rings (SSSR count). The van der Waals surface area contributed by atoms with Gasteiger partial charge in [-0.25, -0.2) is 4.79 Å². The first-order valence-corrected chi connectivity index (χ1v) is 9.60. The average molecular weight is 456 g/mol. The Hall–Kier alpha value is -4.11. The topological polar surface area (TPSA) is 126 Å². The molecule has 0 aliphatic heterocycles. The monoisotopic (exact) mass is 455 g/mol. The third-order valence-corrected chi connectivity index (χ3v) is 4.52. The molecule has 0 atom stereocenters. The zero-order valence-corrected chi connectivity index (χ0v) is 17.6. The molecule has 0 aromatic heterocycles. The van der Waals surface area contributed by atoms with Gasteiger partial charge in [0, 0.05) is 17.2 Å². The van der Waals surface area contributed by atoms with Gasteiger partial charge in [-0.2, -0.15) is 0 Å². The number of nitro benzene ring substituents is 1. The van der Waals surface area contributed by atoms with Crippen LogP contribution in [0, 0.1) is 10.1 Å². The lowest BCUT2D eigenvalue weighted by Crippen LogP contribution is -2.16. The zero-order chi connectivity index (χ0) is 23.1. The molecular weight excluding hydrogens is 438 g/mol. The van der Waals surface area contributed by atoms with Gasteiger partial charge in [0.2, 0.25) is 0 Å². The summed E-state index contributed by atoms with van der Waals surface area (Å²) < 4.78 is 10.8. The summed E-state index contributed by atoms with van der Waals surface area (Å²) in [6, 6.07) is 17.1. The van der Waals surface area contributed by atoms with Gasteiger partial charge in [-0.05, 0) is 48.0 Å². The number of benzene rings is 3. The summed E-state index contributed by atoms with van der Waals surface area (Å²) in [6.07, 6.45) is 0. The molecular formula is C22H18ClN3O6. The minimum absolute atomic E-state index is 0.0303. The van der Waals surface area contributed by atoms with Gasteiger partial charge in [-0.1, -0.05) is 28.9 Å². The van der Waals surface area contributed by atoms with E-state index in [1.807, 2.05) is 0 Å². The molecule has 3 aromatic carbocycles. The van der Waals surface area contributed by atoms with Crippen molar-refractivity contribution in [3.05, 3.63) is 98.6 Å². The minimum Gasteiger partial charge on any atom is -0.496 e. The summed E-state index contributed by atoms with van der Waals surface area (Å²) in [5.41, 5.74) is 7.19. The normalized spacial score (nSPS) is 11.0. The number of nitro groups is 1. The number of non-ortho nitro benzene ring substituents is 1.